The normalized spacial score (nSPS) is 13.3. The SMILES string of the molecule is O=C1CCc2ccc(Cc3cncs3)cc2N1Cc1ccc(-c2ccccc2)cc1. The summed E-state index contributed by atoms with van der Waals surface area (Å²) in [4.78, 5) is 20.2. The fraction of sp³-hybridized carbons (Fsp3) is 0.154. The van der Waals surface area contributed by atoms with E-state index in [-0.39, 0.29) is 5.91 Å². The van der Waals surface area contributed by atoms with Crippen molar-refractivity contribution in [1.29, 1.82) is 0 Å². The van der Waals surface area contributed by atoms with E-state index < -0.39 is 0 Å². The molecule has 2 heterocycles. The Balaban J connectivity index is 1.40. The third-order valence-corrected chi connectivity index (χ3v) is 6.39. The molecule has 3 aromatic carbocycles. The molecule has 1 aliphatic rings. The molecule has 4 aromatic rings. The van der Waals surface area contributed by atoms with Crippen LogP contribution in [-0.2, 0) is 24.2 Å². The molecule has 0 N–H and O–H groups in total. The highest BCUT2D eigenvalue weighted by atomic mass is 32.1. The Morgan fingerprint density at radius 3 is 2.40 bits per heavy atom. The van der Waals surface area contributed by atoms with E-state index in [1.165, 1.54) is 27.1 Å². The van der Waals surface area contributed by atoms with Crippen molar-refractivity contribution >= 4 is 22.9 Å². The molecule has 0 fully saturated rings. The Labute approximate surface area is 180 Å². The van der Waals surface area contributed by atoms with Crippen LogP contribution < -0.4 is 4.90 Å². The molecule has 1 aliphatic heterocycles. The minimum Gasteiger partial charge on any atom is -0.308 e. The molecule has 4 heteroatoms. The number of rotatable bonds is 5. The Morgan fingerprint density at radius 1 is 0.867 bits per heavy atom. The van der Waals surface area contributed by atoms with Crippen LogP contribution in [0, 0.1) is 0 Å². The van der Waals surface area contributed by atoms with Gasteiger partial charge in [-0.15, -0.1) is 11.3 Å². The molecule has 0 unspecified atom stereocenters. The van der Waals surface area contributed by atoms with Gasteiger partial charge in [-0.1, -0.05) is 66.7 Å². The Morgan fingerprint density at radius 2 is 1.63 bits per heavy atom. The van der Waals surface area contributed by atoms with Crippen molar-refractivity contribution in [3.8, 4) is 11.1 Å². The molecule has 1 aromatic heterocycles. The molecule has 0 saturated heterocycles. The summed E-state index contributed by atoms with van der Waals surface area (Å²) in [6, 6.07) is 25.5. The largest absolute Gasteiger partial charge is 0.308 e. The number of benzene rings is 3. The number of hydrogen-bond donors (Lipinski definition) is 0. The summed E-state index contributed by atoms with van der Waals surface area (Å²) >= 11 is 1.67. The van der Waals surface area contributed by atoms with Gasteiger partial charge in [-0.25, -0.2) is 0 Å². The summed E-state index contributed by atoms with van der Waals surface area (Å²) in [5.74, 6) is 0.199. The lowest BCUT2D eigenvalue weighted by Gasteiger charge is -2.30. The zero-order valence-corrected chi connectivity index (χ0v) is 17.4. The van der Waals surface area contributed by atoms with Crippen molar-refractivity contribution < 1.29 is 4.79 Å². The number of thiazole rings is 1. The van der Waals surface area contributed by atoms with Gasteiger partial charge in [0.15, 0.2) is 0 Å². The summed E-state index contributed by atoms with van der Waals surface area (Å²) in [6.45, 7) is 0.602. The van der Waals surface area contributed by atoms with Crippen LogP contribution in [0.25, 0.3) is 11.1 Å². The van der Waals surface area contributed by atoms with Crippen LogP contribution >= 0.6 is 11.3 Å². The maximum Gasteiger partial charge on any atom is 0.227 e. The fourth-order valence-electron chi connectivity index (χ4n) is 4.01. The molecule has 30 heavy (non-hydrogen) atoms. The molecule has 0 atom stereocenters. The van der Waals surface area contributed by atoms with Crippen molar-refractivity contribution in [2.75, 3.05) is 4.90 Å². The molecule has 0 spiro atoms. The van der Waals surface area contributed by atoms with Crippen LogP contribution in [0.15, 0.2) is 84.5 Å². The van der Waals surface area contributed by atoms with Crippen molar-refractivity contribution in [1.82, 2.24) is 4.98 Å². The quantitative estimate of drug-likeness (QED) is 0.412. The first-order valence-electron chi connectivity index (χ1n) is 10.2. The van der Waals surface area contributed by atoms with E-state index in [9.17, 15) is 4.79 Å². The smallest absolute Gasteiger partial charge is 0.227 e. The number of carbonyl (C=O) groups is 1. The highest BCUT2D eigenvalue weighted by molar-refractivity contribution is 7.09. The predicted octanol–water partition coefficient (Wildman–Crippen LogP) is 5.88. The van der Waals surface area contributed by atoms with E-state index >= 15 is 0 Å². The summed E-state index contributed by atoms with van der Waals surface area (Å²) < 4.78 is 0. The second-order valence-electron chi connectivity index (χ2n) is 7.65. The molecule has 3 nitrogen and oxygen atoms in total. The monoisotopic (exact) mass is 410 g/mol. The zero-order chi connectivity index (χ0) is 20.3. The predicted molar refractivity (Wildman–Crippen MR) is 123 cm³/mol. The van der Waals surface area contributed by atoms with Crippen LogP contribution in [0.2, 0.25) is 0 Å². The third kappa shape index (κ3) is 3.91. The zero-order valence-electron chi connectivity index (χ0n) is 16.6. The standard InChI is InChI=1S/C26H22N2OS/c29-26-13-12-23-11-8-20(14-24-16-27-18-30-24)15-25(23)28(26)17-19-6-9-22(10-7-19)21-4-2-1-3-5-21/h1-11,15-16,18H,12-14,17H2. The summed E-state index contributed by atoms with van der Waals surface area (Å²) in [5, 5.41) is 0. The minimum absolute atomic E-state index is 0.199. The average Bonchev–Trinajstić information content (AvgIpc) is 3.30. The lowest BCUT2D eigenvalue weighted by molar-refractivity contribution is -0.119. The third-order valence-electron chi connectivity index (χ3n) is 5.61. The molecule has 0 aliphatic carbocycles. The first-order chi connectivity index (χ1) is 14.8. The molecule has 1 amide bonds. The number of carbonyl (C=O) groups excluding carboxylic acids is 1. The van der Waals surface area contributed by atoms with Crippen LogP contribution in [-0.4, -0.2) is 10.9 Å². The molecular formula is C26H22N2OS. The van der Waals surface area contributed by atoms with E-state index in [1.54, 1.807) is 11.3 Å². The second kappa shape index (κ2) is 8.25. The van der Waals surface area contributed by atoms with Crippen molar-refractivity contribution in [3.63, 3.8) is 0 Å². The Bertz CT molecular complexity index is 1150. The summed E-state index contributed by atoms with van der Waals surface area (Å²) in [5.41, 5.74) is 8.93. The lowest BCUT2D eigenvalue weighted by Crippen LogP contribution is -2.34. The molecule has 0 saturated carbocycles. The van der Waals surface area contributed by atoms with Crippen molar-refractivity contribution in [3.05, 3.63) is 106 Å². The van der Waals surface area contributed by atoms with E-state index in [0.29, 0.717) is 13.0 Å². The number of fused-ring (bicyclic) bond motifs is 1. The average molecular weight is 411 g/mol. The summed E-state index contributed by atoms with van der Waals surface area (Å²) in [7, 11) is 0. The van der Waals surface area contributed by atoms with Gasteiger partial charge in [-0.05, 0) is 40.3 Å². The number of anilines is 1. The van der Waals surface area contributed by atoms with Gasteiger partial charge in [0.25, 0.3) is 0 Å². The van der Waals surface area contributed by atoms with Gasteiger partial charge in [-0.2, -0.15) is 0 Å². The van der Waals surface area contributed by atoms with Crippen molar-refractivity contribution in [2.45, 2.75) is 25.8 Å². The van der Waals surface area contributed by atoms with Gasteiger partial charge in [-0.3, -0.25) is 9.78 Å². The number of nitrogens with zero attached hydrogens (tertiary/aromatic N) is 2. The number of hydrogen-bond acceptors (Lipinski definition) is 3. The highest BCUT2D eigenvalue weighted by Gasteiger charge is 2.24. The second-order valence-corrected chi connectivity index (χ2v) is 8.62. The van der Waals surface area contributed by atoms with E-state index in [2.05, 4.69) is 71.7 Å². The Kier molecular flexibility index (Phi) is 5.16. The van der Waals surface area contributed by atoms with E-state index in [0.717, 1.165) is 24.1 Å². The van der Waals surface area contributed by atoms with Crippen molar-refractivity contribution in [2.24, 2.45) is 0 Å². The van der Waals surface area contributed by atoms with Crippen LogP contribution in [0.1, 0.15) is 28.0 Å². The van der Waals surface area contributed by atoms with Crippen LogP contribution in [0.4, 0.5) is 5.69 Å². The van der Waals surface area contributed by atoms with Gasteiger partial charge in [0.2, 0.25) is 5.91 Å². The summed E-state index contributed by atoms with van der Waals surface area (Å²) in [6.07, 6.45) is 4.16. The maximum atomic E-state index is 12.8. The minimum atomic E-state index is 0.199. The van der Waals surface area contributed by atoms with Gasteiger partial charge >= 0.3 is 0 Å². The number of aromatic nitrogens is 1. The molecule has 5 rings (SSSR count). The number of aryl methyl sites for hydroxylation is 1. The number of amides is 1. The Hall–Kier alpha value is -3.24. The lowest BCUT2D eigenvalue weighted by atomic mass is 9.97. The highest BCUT2D eigenvalue weighted by Crippen LogP contribution is 2.31. The molecule has 0 radical (unpaired) electrons. The molecule has 148 valence electrons. The first-order valence-corrected chi connectivity index (χ1v) is 11.1. The van der Waals surface area contributed by atoms with Gasteiger partial charge < -0.3 is 4.90 Å². The van der Waals surface area contributed by atoms with E-state index in [1.807, 2.05) is 22.7 Å². The van der Waals surface area contributed by atoms with Gasteiger partial charge in [0.1, 0.15) is 0 Å². The first kappa shape index (κ1) is 18.8. The molecule has 0 bridgehead atoms. The maximum absolute atomic E-state index is 12.8. The molecular weight excluding hydrogens is 388 g/mol. The van der Waals surface area contributed by atoms with E-state index in [4.69, 9.17) is 0 Å². The van der Waals surface area contributed by atoms with Crippen LogP contribution in [0.5, 0.6) is 0 Å². The fourth-order valence-corrected chi connectivity index (χ4v) is 4.64. The van der Waals surface area contributed by atoms with Gasteiger partial charge in [0, 0.05) is 29.6 Å². The van der Waals surface area contributed by atoms with Gasteiger partial charge in [0.05, 0.1) is 12.1 Å². The van der Waals surface area contributed by atoms with Crippen LogP contribution in [0.3, 0.4) is 0 Å². The topological polar surface area (TPSA) is 33.2 Å².